The number of phosphoric ester groups is 1. The molecule has 0 aromatic heterocycles. The molecule has 0 saturated carbocycles. The van der Waals surface area contributed by atoms with Gasteiger partial charge in [0.15, 0.2) is 0 Å². The summed E-state index contributed by atoms with van der Waals surface area (Å²) in [6.45, 7) is 6.86. The van der Waals surface area contributed by atoms with Crippen molar-refractivity contribution in [2.24, 2.45) is 0 Å². The largest absolute Gasteiger partial charge is 0.472 e. The van der Waals surface area contributed by atoms with Gasteiger partial charge in [0, 0.05) is 12.8 Å². The number of nitrogens with zero attached hydrogens (tertiary/aromatic N) is 1. The van der Waals surface area contributed by atoms with Crippen LogP contribution in [0.25, 0.3) is 0 Å². The summed E-state index contributed by atoms with van der Waals surface area (Å²) in [6, 6.07) is -0.860. The Hall–Kier alpha value is -3.07. The standard InChI is InChI=1S/C69H123N2O7P/c1-7-10-13-16-19-22-25-27-29-31-32-33-34-35-36-37-38-40-41-43-46-49-52-55-58-61-68(72)70-66(65-77-79(74,75)76-64-63-71(4,5)6)67(60-57-54-51-48-45-24-21-18-15-12-9-3)78-69(73)62-59-56-53-50-47-44-42-39-30-28-26-23-20-17-14-11-8-2/h10,13,19-20,22-23,27-30,32-33,35-36,57,60,66-67H,7-9,11-12,14-18,21,24-26,31,34,37-56,58-59,61-65H2,1-6H3,(H-,70,72,74,75)/p+1/b13-10-,22-19-,23-20-,29-27-,30-28-,33-32-,36-35-,60-57-. The first-order valence-corrected chi connectivity index (χ1v) is 34.1. The lowest BCUT2D eigenvalue weighted by atomic mass is 10.0. The van der Waals surface area contributed by atoms with Crippen molar-refractivity contribution in [1.82, 2.24) is 5.32 Å². The van der Waals surface area contributed by atoms with E-state index in [9.17, 15) is 19.0 Å². The van der Waals surface area contributed by atoms with Crippen molar-refractivity contribution in [3.05, 3.63) is 97.2 Å². The van der Waals surface area contributed by atoms with Gasteiger partial charge in [0.2, 0.25) is 5.91 Å². The van der Waals surface area contributed by atoms with Gasteiger partial charge in [0.05, 0.1) is 33.8 Å². The Labute approximate surface area is 488 Å². The number of unbranched alkanes of at least 4 members (excludes halogenated alkanes) is 28. The maximum atomic E-state index is 13.6. The number of carbonyl (C=O) groups excluding carboxylic acids is 2. The molecule has 0 aromatic carbocycles. The Bertz CT molecular complexity index is 1670. The number of quaternary nitrogens is 1. The fraction of sp³-hybridized carbons (Fsp3) is 0.739. The maximum absolute atomic E-state index is 13.6. The van der Waals surface area contributed by atoms with Crippen LogP contribution in [0.1, 0.15) is 278 Å². The van der Waals surface area contributed by atoms with Crippen molar-refractivity contribution >= 4 is 19.7 Å². The second kappa shape index (κ2) is 58.1. The number of nitrogens with one attached hydrogen (secondary N) is 1. The quantitative estimate of drug-likeness (QED) is 0.0205. The summed E-state index contributed by atoms with van der Waals surface area (Å²) in [5.41, 5.74) is 0. The lowest BCUT2D eigenvalue weighted by Gasteiger charge is -2.27. The SMILES string of the molecule is CC/C=C\C/C=C\C/C=C\C/C=C\C/C=C\CCCCCCCCCCCC(=O)NC(COP(=O)(O)OCC[N+](C)(C)C)C(/C=C\CCCCCCCCCCC)OC(=O)CCCCCCCCC/C=C\C/C=C\CCCCC. The number of likely N-dealkylation sites (N-methyl/N-ethyl adjacent to an activating group) is 1. The molecule has 0 saturated heterocycles. The number of ether oxygens (including phenoxy) is 1. The van der Waals surface area contributed by atoms with Gasteiger partial charge in [-0.25, -0.2) is 4.57 Å². The average Bonchev–Trinajstić information content (AvgIpc) is 3.41. The van der Waals surface area contributed by atoms with Crippen molar-refractivity contribution in [2.75, 3.05) is 40.9 Å². The van der Waals surface area contributed by atoms with Crippen LogP contribution < -0.4 is 5.32 Å². The van der Waals surface area contributed by atoms with E-state index in [0.29, 0.717) is 17.4 Å². The normalized spacial score (nSPS) is 14.3. The molecule has 3 atom stereocenters. The molecule has 0 aromatic rings. The van der Waals surface area contributed by atoms with E-state index in [1.807, 2.05) is 33.3 Å². The monoisotopic (exact) mass is 1120 g/mol. The van der Waals surface area contributed by atoms with Crippen molar-refractivity contribution in [3.8, 4) is 0 Å². The number of hydrogen-bond donors (Lipinski definition) is 2. The molecule has 9 nitrogen and oxygen atoms in total. The van der Waals surface area contributed by atoms with Crippen LogP contribution in [0.2, 0.25) is 0 Å². The van der Waals surface area contributed by atoms with Crippen molar-refractivity contribution in [2.45, 2.75) is 290 Å². The van der Waals surface area contributed by atoms with Gasteiger partial charge in [-0.1, -0.05) is 253 Å². The van der Waals surface area contributed by atoms with E-state index in [0.717, 1.165) is 122 Å². The highest BCUT2D eigenvalue weighted by molar-refractivity contribution is 7.47. The molecular weight excluding hydrogens is 1000 g/mol. The predicted octanol–water partition coefficient (Wildman–Crippen LogP) is 20.3. The molecule has 2 N–H and O–H groups in total. The smallest absolute Gasteiger partial charge is 0.456 e. The second-order valence-corrected chi connectivity index (χ2v) is 24.4. The summed E-state index contributed by atoms with van der Waals surface area (Å²) in [5, 5.41) is 3.05. The molecule has 0 aliphatic heterocycles. The highest BCUT2D eigenvalue weighted by atomic mass is 31.2. The number of hydrogen-bond acceptors (Lipinski definition) is 6. The van der Waals surface area contributed by atoms with E-state index < -0.39 is 20.0 Å². The molecular formula is C69H124N2O7P+. The molecule has 79 heavy (non-hydrogen) atoms. The van der Waals surface area contributed by atoms with Gasteiger partial charge in [-0.15, -0.1) is 0 Å². The molecule has 0 aliphatic rings. The van der Waals surface area contributed by atoms with Crippen LogP contribution in [-0.2, 0) is 27.9 Å². The fourth-order valence-corrected chi connectivity index (χ4v) is 9.73. The van der Waals surface area contributed by atoms with Crippen LogP contribution in [0.15, 0.2) is 97.2 Å². The summed E-state index contributed by atoms with van der Waals surface area (Å²) >= 11 is 0. The molecule has 1 amide bonds. The first-order valence-electron chi connectivity index (χ1n) is 32.6. The number of esters is 1. The minimum Gasteiger partial charge on any atom is -0.456 e. The molecule has 3 unspecified atom stereocenters. The van der Waals surface area contributed by atoms with E-state index in [4.69, 9.17) is 13.8 Å². The summed E-state index contributed by atoms with van der Waals surface area (Å²) in [6.07, 6.45) is 78.3. The number of amides is 1. The minimum atomic E-state index is -4.46. The van der Waals surface area contributed by atoms with Crippen LogP contribution in [-0.4, -0.2) is 74.3 Å². The van der Waals surface area contributed by atoms with Gasteiger partial charge in [-0.2, -0.15) is 0 Å². The third kappa shape index (κ3) is 59.4. The summed E-state index contributed by atoms with van der Waals surface area (Å²) in [5.74, 6) is -0.522. The highest BCUT2D eigenvalue weighted by Crippen LogP contribution is 2.43. The maximum Gasteiger partial charge on any atom is 0.472 e. The van der Waals surface area contributed by atoms with E-state index in [2.05, 4.69) is 111 Å². The lowest BCUT2D eigenvalue weighted by Crippen LogP contribution is -2.47. The molecule has 0 rings (SSSR count). The Kier molecular flexibility index (Phi) is 55.9. The van der Waals surface area contributed by atoms with Gasteiger partial charge in [0.1, 0.15) is 19.3 Å². The van der Waals surface area contributed by atoms with E-state index >= 15 is 0 Å². The van der Waals surface area contributed by atoms with Crippen LogP contribution in [0.4, 0.5) is 0 Å². The van der Waals surface area contributed by atoms with Gasteiger partial charge < -0.3 is 19.4 Å². The van der Waals surface area contributed by atoms with E-state index in [1.165, 1.54) is 122 Å². The van der Waals surface area contributed by atoms with Gasteiger partial charge in [-0.3, -0.25) is 18.6 Å². The summed E-state index contributed by atoms with van der Waals surface area (Å²) in [7, 11) is 1.48. The Morgan fingerprint density at radius 2 is 0.810 bits per heavy atom. The summed E-state index contributed by atoms with van der Waals surface area (Å²) in [4.78, 5) is 37.8. The first kappa shape index (κ1) is 75.9. The van der Waals surface area contributed by atoms with Gasteiger partial charge >= 0.3 is 13.8 Å². The topological polar surface area (TPSA) is 111 Å². The average molecular weight is 1120 g/mol. The third-order valence-electron chi connectivity index (χ3n) is 14.0. The summed E-state index contributed by atoms with van der Waals surface area (Å²) < 4.78 is 30.7. The Balaban J connectivity index is 5.14. The molecule has 10 heteroatoms. The molecule has 0 aliphatic carbocycles. The number of phosphoric acid groups is 1. The van der Waals surface area contributed by atoms with E-state index in [-0.39, 0.29) is 31.5 Å². The Morgan fingerprint density at radius 1 is 0.456 bits per heavy atom. The molecule has 456 valence electrons. The number of rotatable bonds is 58. The number of carbonyl (C=O) groups is 2. The van der Waals surface area contributed by atoms with Gasteiger partial charge in [-0.05, 0) is 109 Å². The van der Waals surface area contributed by atoms with Crippen LogP contribution in [0, 0.1) is 0 Å². The van der Waals surface area contributed by atoms with Crippen LogP contribution in [0.5, 0.6) is 0 Å². The van der Waals surface area contributed by atoms with Crippen molar-refractivity contribution in [3.63, 3.8) is 0 Å². The molecule has 0 spiro atoms. The number of allylic oxidation sites excluding steroid dienone is 15. The minimum absolute atomic E-state index is 0.0336. The molecule has 0 heterocycles. The second-order valence-electron chi connectivity index (χ2n) is 22.9. The predicted molar refractivity (Wildman–Crippen MR) is 341 cm³/mol. The first-order chi connectivity index (χ1) is 38.4. The van der Waals surface area contributed by atoms with Crippen molar-refractivity contribution in [1.29, 1.82) is 0 Å². The molecule has 0 bridgehead atoms. The van der Waals surface area contributed by atoms with Crippen LogP contribution >= 0.6 is 7.82 Å². The molecule has 0 fully saturated rings. The Morgan fingerprint density at radius 3 is 1.24 bits per heavy atom. The van der Waals surface area contributed by atoms with Crippen molar-refractivity contribution < 1.29 is 37.3 Å². The highest BCUT2D eigenvalue weighted by Gasteiger charge is 2.30. The third-order valence-corrected chi connectivity index (χ3v) is 15.0. The van der Waals surface area contributed by atoms with E-state index in [1.54, 1.807) is 0 Å². The zero-order chi connectivity index (χ0) is 57.9. The zero-order valence-corrected chi connectivity index (χ0v) is 53.0. The van der Waals surface area contributed by atoms with Crippen LogP contribution in [0.3, 0.4) is 0 Å². The van der Waals surface area contributed by atoms with Gasteiger partial charge in [0.25, 0.3) is 0 Å². The fourth-order valence-electron chi connectivity index (χ4n) is 9.00. The zero-order valence-electron chi connectivity index (χ0n) is 52.1. The molecule has 0 radical (unpaired) electrons. The lowest BCUT2D eigenvalue weighted by molar-refractivity contribution is -0.870.